The van der Waals surface area contributed by atoms with Gasteiger partial charge >= 0.3 is 0 Å². The molecule has 0 fully saturated rings. The molecule has 5 heteroatoms. The van der Waals surface area contributed by atoms with E-state index in [1.807, 2.05) is 12.1 Å². The molecule has 0 spiro atoms. The van der Waals surface area contributed by atoms with Crippen molar-refractivity contribution in [2.75, 3.05) is 0 Å². The average molecular weight is 497 g/mol. The van der Waals surface area contributed by atoms with Gasteiger partial charge in [-0.2, -0.15) is 0 Å². The SMILES string of the molecule is CCCCCc1cc(F)c(CCc2ccc3c(F)c(CCc4ccc(F)c(F)c4)ccc3c2)c(F)c1. The third-order valence-electron chi connectivity index (χ3n) is 6.70. The van der Waals surface area contributed by atoms with Crippen LogP contribution in [0.25, 0.3) is 10.8 Å². The maximum Gasteiger partial charge on any atom is 0.159 e. The molecule has 0 unspecified atom stereocenters. The fourth-order valence-corrected chi connectivity index (χ4v) is 4.60. The van der Waals surface area contributed by atoms with Crippen LogP contribution in [0.4, 0.5) is 22.0 Å². The lowest BCUT2D eigenvalue weighted by atomic mass is 9.96. The Morgan fingerprint density at radius 1 is 0.528 bits per heavy atom. The smallest absolute Gasteiger partial charge is 0.159 e. The Hall–Kier alpha value is -3.21. The number of hydrogen-bond donors (Lipinski definition) is 0. The highest BCUT2D eigenvalue weighted by Crippen LogP contribution is 2.25. The molecule has 0 radical (unpaired) electrons. The molecular formula is C31H29F5. The minimum absolute atomic E-state index is 0.0769. The van der Waals surface area contributed by atoms with E-state index in [0.717, 1.165) is 37.0 Å². The molecule has 0 aliphatic rings. The van der Waals surface area contributed by atoms with Gasteiger partial charge in [0.05, 0.1) is 0 Å². The van der Waals surface area contributed by atoms with E-state index >= 15 is 4.39 Å². The van der Waals surface area contributed by atoms with E-state index < -0.39 is 23.3 Å². The first kappa shape index (κ1) is 25.9. The lowest BCUT2D eigenvalue weighted by molar-refractivity contribution is 0.507. The molecule has 188 valence electrons. The summed E-state index contributed by atoms with van der Waals surface area (Å²) in [5.41, 5.74) is 2.71. The van der Waals surface area contributed by atoms with Crippen molar-refractivity contribution in [1.29, 1.82) is 0 Å². The number of fused-ring (bicyclic) bond motifs is 1. The third kappa shape index (κ3) is 6.13. The number of halogens is 5. The molecule has 0 aliphatic heterocycles. The van der Waals surface area contributed by atoms with E-state index in [4.69, 9.17) is 0 Å². The van der Waals surface area contributed by atoms with Crippen molar-refractivity contribution in [2.24, 2.45) is 0 Å². The van der Waals surface area contributed by atoms with E-state index in [-0.39, 0.29) is 17.8 Å². The molecule has 4 rings (SSSR count). The highest BCUT2D eigenvalue weighted by Gasteiger charge is 2.13. The molecule has 0 amide bonds. The van der Waals surface area contributed by atoms with Gasteiger partial charge in [-0.3, -0.25) is 0 Å². The summed E-state index contributed by atoms with van der Waals surface area (Å²) in [6.07, 6.45) is 5.04. The zero-order valence-electron chi connectivity index (χ0n) is 20.3. The van der Waals surface area contributed by atoms with Crippen LogP contribution in [-0.4, -0.2) is 0 Å². The van der Waals surface area contributed by atoms with Crippen molar-refractivity contribution >= 4 is 10.8 Å². The summed E-state index contributed by atoms with van der Waals surface area (Å²) in [4.78, 5) is 0. The van der Waals surface area contributed by atoms with Crippen LogP contribution >= 0.6 is 0 Å². The Morgan fingerprint density at radius 3 is 1.92 bits per heavy atom. The van der Waals surface area contributed by atoms with Crippen LogP contribution < -0.4 is 0 Å². The molecule has 0 bridgehead atoms. The minimum Gasteiger partial charge on any atom is -0.207 e. The topological polar surface area (TPSA) is 0 Å². The van der Waals surface area contributed by atoms with E-state index in [1.165, 1.54) is 18.2 Å². The first-order chi connectivity index (χ1) is 17.4. The summed E-state index contributed by atoms with van der Waals surface area (Å²) < 4.78 is 70.8. The second-order valence-corrected chi connectivity index (χ2v) is 9.34. The maximum absolute atomic E-state index is 15.1. The van der Waals surface area contributed by atoms with Crippen molar-refractivity contribution in [2.45, 2.75) is 58.3 Å². The summed E-state index contributed by atoms with van der Waals surface area (Å²) >= 11 is 0. The molecule has 4 aromatic carbocycles. The maximum atomic E-state index is 15.1. The summed E-state index contributed by atoms with van der Waals surface area (Å²) in [7, 11) is 0. The van der Waals surface area contributed by atoms with Crippen LogP contribution in [0.2, 0.25) is 0 Å². The molecule has 0 aromatic heterocycles. The highest BCUT2D eigenvalue weighted by atomic mass is 19.2. The van der Waals surface area contributed by atoms with E-state index in [2.05, 4.69) is 6.92 Å². The van der Waals surface area contributed by atoms with Gasteiger partial charge in [-0.1, -0.05) is 56.2 Å². The lowest BCUT2D eigenvalue weighted by Crippen LogP contribution is -2.02. The van der Waals surface area contributed by atoms with Gasteiger partial charge in [0.2, 0.25) is 0 Å². The molecule has 36 heavy (non-hydrogen) atoms. The second-order valence-electron chi connectivity index (χ2n) is 9.34. The van der Waals surface area contributed by atoms with E-state index in [1.54, 1.807) is 18.2 Å². The number of benzene rings is 4. The first-order valence-electron chi connectivity index (χ1n) is 12.5. The van der Waals surface area contributed by atoms with Crippen LogP contribution in [0.1, 0.15) is 54.0 Å². The predicted octanol–water partition coefficient (Wildman–Crippen LogP) is 8.84. The van der Waals surface area contributed by atoms with Crippen LogP contribution in [0.3, 0.4) is 0 Å². The van der Waals surface area contributed by atoms with E-state index in [0.29, 0.717) is 53.1 Å². The quantitative estimate of drug-likeness (QED) is 0.152. The Morgan fingerprint density at radius 2 is 1.19 bits per heavy atom. The van der Waals surface area contributed by atoms with Crippen LogP contribution in [0, 0.1) is 29.1 Å². The first-order valence-corrected chi connectivity index (χ1v) is 12.5. The van der Waals surface area contributed by atoms with Gasteiger partial charge in [0.15, 0.2) is 11.6 Å². The van der Waals surface area contributed by atoms with Gasteiger partial charge in [0.25, 0.3) is 0 Å². The Kier molecular flexibility index (Phi) is 8.40. The molecule has 0 aliphatic carbocycles. The second kappa shape index (κ2) is 11.7. The van der Waals surface area contributed by atoms with Crippen LogP contribution in [0.5, 0.6) is 0 Å². The molecule has 0 N–H and O–H groups in total. The highest BCUT2D eigenvalue weighted by molar-refractivity contribution is 5.84. The number of aryl methyl sites for hydroxylation is 4. The fraction of sp³-hybridized carbons (Fsp3) is 0.290. The van der Waals surface area contributed by atoms with Crippen molar-refractivity contribution in [3.8, 4) is 0 Å². The summed E-state index contributed by atoms with van der Waals surface area (Å²) in [6.45, 7) is 2.09. The van der Waals surface area contributed by atoms with Gasteiger partial charge in [-0.15, -0.1) is 0 Å². The van der Waals surface area contributed by atoms with Gasteiger partial charge in [0, 0.05) is 10.9 Å². The molecule has 0 saturated carbocycles. The minimum atomic E-state index is -0.915. The number of unbranched alkanes of at least 4 members (excludes halogenated alkanes) is 2. The fourth-order valence-electron chi connectivity index (χ4n) is 4.60. The summed E-state index contributed by atoms with van der Waals surface area (Å²) in [5.74, 6) is -3.20. The lowest BCUT2D eigenvalue weighted by Gasteiger charge is -2.11. The van der Waals surface area contributed by atoms with Gasteiger partial charge in [0.1, 0.15) is 17.5 Å². The zero-order valence-corrected chi connectivity index (χ0v) is 20.3. The van der Waals surface area contributed by atoms with Crippen LogP contribution in [0.15, 0.2) is 60.7 Å². The molecule has 0 atom stereocenters. The molecular weight excluding hydrogens is 467 g/mol. The third-order valence-corrected chi connectivity index (χ3v) is 6.70. The largest absolute Gasteiger partial charge is 0.207 e. The van der Waals surface area contributed by atoms with E-state index in [9.17, 15) is 17.6 Å². The Bertz CT molecular complexity index is 1340. The normalized spacial score (nSPS) is 11.4. The number of hydrogen-bond acceptors (Lipinski definition) is 0. The predicted molar refractivity (Wildman–Crippen MR) is 135 cm³/mol. The van der Waals surface area contributed by atoms with Crippen molar-refractivity contribution in [3.63, 3.8) is 0 Å². The summed E-state index contributed by atoms with van der Waals surface area (Å²) in [6, 6.07) is 15.4. The van der Waals surface area contributed by atoms with Gasteiger partial charge in [-0.25, -0.2) is 22.0 Å². The van der Waals surface area contributed by atoms with Crippen molar-refractivity contribution in [3.05, 3.63) is 118 Å². The number of rotatable bonds is 10. The van der Waals surface area contributed by atoms with Crippen molar-refractivity contribution < 1.29 is 22.0 Å². The molecule has 0 nitrogen and oxygen atoms in total. The molecule has 0 saturated heterocycles. The molecule has 4 aromatic rings. The Balaban J connectivity index is 1.44. The Labute approximate surface area is 208 Å². The average Bonchev–Trinajstić information content (AvgIpc) is 2.85. The zero-order chi connectivity index (χ0) is 25.7. The standard InChI is InChI=1S/C31H29F5/c1-2-3-4-5-22-18-28(33)26(29(34)19-22)14-8-20-7-13-25-24(16-20)12-11-23(31(25)36)10-6-21-9-15-27(32)30(35)17-21/h7,9,11-13,15-19H,2-6,8,10,14H2,1H3. The molecule has 0 heterocycles. The summed E-state index contributed by atoms with van der Waals surface area (Å²) in [5, 5.41) is 1.16. The van der Waals surface area contributed by atoms with Crippen molar-refractivity contribution in [1.82, 2.24) is 0 Å². The van der Waals surface area contributed by atoms with Crippen LogP contribution in [-0.2, 0) is 32.1 Å². The monoisotopic (exact) mass is 496 g/mol. The van der Waals surface area contributed by atoms with Gasteiger partial charge in [-0.05, 0) is 90.4 Å². The van der Waals surface area contributed by atoms with Gasteiger partial charge < -0.3 is 0 Å².